The van der Waals surface area contributed by atoms with Gasteiger partial charge < -0.3 is 31.9 Å². The first-order valence-corrected chi connectivity index (χ1v) is 34.4. The number of carbonyl (C=O) groups is 6. The number of alkyl halides is 9. The minimum absolute atomic E-state index is 0.0416. The average Bonchev–Trinajstić information content (AvgIpc) is 1.54. The van der Waals surface area contributed by atoms with E-state index in [2.05, 4.69) is 134 Å². The number of nitrogens with one attached hydrogen (secondary N) is 6. The van der Waals surface area contributed by atoms with Crippen LogP contribution in [0, 0.1) is 39.7 Å². The number of hydrogen-bond donors (Lipinski definition) is 6. The van der Waals surface area contributed by atoms with Crippen LogP contribution in [-0.4, -0.2) is 160 Å². The summed E-state index contributed by atoms with van der Waals surface area (Å²) in [5.41, 5.74) is 1.35. The van der Waals surface area contributed by atoms with E-state index >= 15 is 0 Å². The average molecular weight is 1710 g/mol. The summed E-state index contributed by atoms with van der Waals surface area (Å²) in [7, 11) is 2.76. The molecule has 3 aromatic carbocycles. The maximum absolute atomic E-state index is 14.0. The molecule has 0 saturated heterocycles. The second kappa shape index (κ2) is 34.6. The smallest absolute Gasteiger partial charge is 0.355 e. The summed E-state index contributed by atoms with van der Waals surface area (Å²) in [6.45, 7) is 23.7. The van der Waals surface area contributed by atoms with Gasteiger partial charge >= 0.3 is 18.5 Å². The van der Waals surface area contributed by atoms with Crippen LogP contribution in [0.1, 0.15) is 135 Å². The Morgan fingerprint density at radius 2 is 0.784 bits per heavy atom. The van der Waals surface area contributed by atoms with Crippen LogP contribution in [0.4, 0.5) is 72.3 Å². The van der Waals surface area contributed by atoms with Crippen LogP contribution < -0.4 is 31.9 Å². The molecule has 0 radical (unpaired) electrons. The molecule has 0 aliphatic rings. The molecule has 0 saturated carbocycles. The summed E-state index contributed by atoms with van der Waals surface area (Å²) < 4.78 is 134. The van der Waals surface area contributed by atoms with Crippen LogP contribution in [0.25, 0.3) is 27.1 Å². The molecule has 6 amide bonds. The van der Waals surface area contributed by atoms with E-state index < -0.39 is 82.8 Å². The molecule has 6 N–H and O–H groups in total. The van der Waals surface area contributed by atoms with Gasteiger partial charge in [-0.3, -0.25) is 28.8 Å². The zero-order valence-electron chi connectivity index (χ0n) is 60.7. The minimum atomic E-state index is -4.79. The molecular weight excluding hydrogens is 1660 g/mol. The molecule has 12 aromatic rings. The molecule has 0 atom stereocenters. The lowest BCUT2D eigenvalue weighted by Gasteiger charge is -2.22. The largest absolute Gasteiger partial charge is 0.455 e. The number of hydrogen-bond acceptors (Lipinski definition) is 21. The standard InChI is InChI=1S/C25H22ClF3N10O2.C22H16BrF3N10O2.C21H16ClF4N9O2/c1-13-9-14(30-5)10-16(21(40)33-24(2,3)4)19(13)32-22(41)18-11-15(12-38-36-23(34-37-38)25(27,28)29)35-39(18)20-17(26)7-6-8-31-20;1-11-7-12(27-2)8-14(19(37)28-3)17(11)30-20(38)16-9-13(10-35-33-21(31-34-35)22(24,25)26)32-36(16)18-15(23)5-4-6-29-18;1-10-6-11(23)7-13(18(36)27-2)16(10)29-19(37)15-8-12(9-34-32-20(30-33-34)21(24,25)26)31-35(15)17-14(22)4-3-5-28-17/h6-11H,12H2,1-4H3,(H,32,41)(H,33,40);4-9H,10H2,1,3H3,(H,28,37)(H,30,38);3-8H,9H2,1-2H3,(H,27,36)(H,29,37). The van der Waals surface area contributed by atoms with Gasteiger partial charge in [-0.25, -0.2) is 43.1 Å². The lowest BCUT2D eigenvalue weighted by atomic mass is 10.0. The fourth-order valence-electron chi connectivity index (χ4n) is 10.5. The zero-order chi connectivity index (χ0) is 84.6. The van der Waals surface area contributed by atoms with E-state index in [4.69, 9.17) is 36.3 Å². The summed E-state index contributed by atoms with van der Waals surface area (Å²) in [5.74, 6) is -8.53. The fourth-order valence-corrected chi connectivity index (χ4v) is 11.3. The Morgan fingerprint density at radius 3 is 1.10 bits per heavy atom. The van der Waals surface area contributed by atoms with Crippen molar-refractivity contribution in [3.05, 3.63) is 238 Å². The van der Waals surface area contributed by atoms with Crippen LogP contribution in [-0.2, 0) is 38.2 Å². The van der Waals surface area contributed by atoms with Crippen molar-refractivity contribution in [3.63, 3.8) is 0 Å². The lowest BCUT2D eigenvalue weighted by molar-refractivity contribution is -0.145. The van der Waals surface area contributed by atoms with E-state index in [1.165, 1.54) is 98.9 Å². The van der Waals surface area contributed by atoms with E-state index in [9.17, 15) is 72.7 Å². The molecular formula is C68H54BrCl2F10N29O6. The third-order valence-corrected chi connectivity index (χ3v) is 16.6. The van der Waals surface area contributed by atoms with Crippen molar-refractivity contribution < 1.29 is 72.7 Å². The number of carbonyl (C=O) groups excluding carboxylic acids is 6. The fraction of sp³-hybridized carbons (Fsp3) is 0.221. The molecule has 9 heterocycles. The SMILES string of the molecule is CNC(=O)c1cc(F)cc(C)c1NC(=O)c1cc(Cn2nnc(C(F)(F)F)n2)nn1-c1ncccc1Cl.[C-]#[N+]c1cc(C)c(NC(=O)c2cc(Cn3nnc(C(F)(F)F)n3)nn2-c2ncccc2Br)c(C(=O)NC)c1.[C-]#[N+]c1cc(C)c(NC(=O)c2cc(Cn3nnc(C(F)(F)F)n3)nn2-c2ncccc2Cl)c(C(=O)NC(C)(C)C)c1. The predicted octanol–water partition coefficient (Wildman–Crippen LogP) is 11.2. The van der Waals surface area contributed by atoms with Crippen molar-refractivity contribution in [3.8, 4) is 17.5 Å². The van der Waals surface area contributed by atoms with Crippen LogP contribution in [0.2, 0.25) is 10.0 Å². The van der Waals surface area contributed by atoms with Gasteiger partial charge in [0.15, 0.2) is 28.8 Å². The zero-order valence-corrected chi connectivity index (χ0v) is 63.8. The van der Waals surface area contributed by atoms with Gasteiger partial charge in [0, 0.05) is 38.2 Å². The van der Waals surface area contributed by atoms with Crippen LogP contribution in [0.15, 0.2) is 114 Å². The molecule has 0 fully saturated rings. The Bertz CT molecular complexity index is 5890. The first-order valence-electron chi connectivity index (χ1n) is 32.8. The van der Waals surface area contributed by atoms with Gasteiger partial charge in [-0.05, 0) is 169 Å². The molecule has 0 bridgehead atoms. The highest BCUT2D eigenvalue weighted by atomic mass is 79.9. The normalized spacial score (nSPS) is 11.4. The number of pyridine rings is 3. The van der Waals surface area contributed by atoms with Crippen molar-refractivity contribution >= 4 is 103 Å². The van der Waals surface area contributed by atoms with Gasteiger partial charge in [0.25, 0.3) is 52.9 Å². The molecule has 12 rings (SSSR count). The number of amides is 6. The molecule has 0 unspecified atom stereocenters. The van der Waals surface area contributed by atoms with Gasteiger partial charge in [-0.1, -0.05) is 35.3 Å². The Labute approximate surface area is 663 Å². The van der Waals surface area contributed by atoms with Crippen LogP contribution in [0.5, 0.6) is 0 Å². The topological polar surface area (TPSA) is 406 Å². The summed E-state index contributed by atoms with van der Waals surface area (Å²) in [4.78, 5) is 99.7. The quantitative estimate of drug-likeness (QED) is 0.0343. The number of halogens is 13. The first-order chi connectivity index (χ1) is 54.6. The number of aryl methyl sites for hydroxylation is 3. The Morgan fingerprint density at radius 1 is 0.457 bits per heavy atom. The van der Waals surface area contributed by atoms with E-state index in [-0.39, 0.29) is 132 Å². The van der Waals surface area contributed by atoms with Gasteiger partial charge in [0.05, 0.1) is 78.5 Å². The van der Waals surface area contributed by atoms with Crippen LogP contribution >= 0.6 is 39.1 Å². The highest BCUT2D eigenvalue weighted by Gasteiger charge is 2.40. The molecule has 9 aromatic heterocycles. The number of aromatic nitrogens is 21. The molecule has 0 aliphatic carbocycles. The Kier molecular flexibility index (Phi) is 25.2. The molecule has 0 spiro atoms. The van der Waals surface area contributed by atoms with E-state index in [1.807, 2.05) is 0 Å². The minimum Gasteiger partial charge on any atom is -0.355 e. The molecule has 48 heteroatoms. The van der Waals surface area contributed by atoms with Crippen molar-refractivity contribution in [1.82, 2.24) is 121 Å². The number of tetrazole rings is 3. The van der Waals surface area contributed by atoms with Gasteiger partial charge in [0.2, 0.25) is 0 Å². The molecule has 598 valence electrons. The number of rotatable bonds is 18. The summed E-state index contributed by atoms with van der Waals surface area (Å²) >= 11 is 15.9. The molecule has 116 heavy (non-hydrogen) atoms. The van der Waals surface area contributed by atoms with Crippen molar-refractivity contribution in [2.45, 2.75) is 85.2 Å². The Hall–Kier alpha value is -13.9. The predicted molar refractivity (Wildman–Crippen MR) is 391 cm³/mol. The molecule has 0 aliphatic heterocycles. The van der Waals surface area contributed by atoms with Gasteiger partial charge in [0.1, 0.15) is 42.5 Å². The maximum atomic E-state index is 14.0. The monoisotopic (exact) mass is 1710 g/mol. The molecule has 35 nitrogen and oxygen atoms in total. The van der Waals surface area contributed by atoms with Crippen LogP contribution in [0.3, 0.4) is 0 Å². The van der Waals surface area contributed by atoms with Crippen molar-refractivity contribution in [1.29, 1.82) is 0 Å². The third-order valence-electron chi connectivity index (χ3n) is 15.4. The van der Waals surface area contributed by atoms with E-state index in [0.717, 1.165) is 21.5 Å². The summed E-state index contributed by atoms with van der Waals surface area (Å²) in [5, 5.41) is 57.8. The van der Waals surface area contributed by atoms with Crippen molar-refractivity contribution in [2.24, 2.45) is 0 Å². The third kappa shape index (κ3) is 20.1. The summed E-state index contributed by atoms with van der Waals surface area (Å²) in [6, 6.07) is 21.2. The second-order valence-corrected chi connectivity index (χ2v) is 26.8. The highest BCUT2D eigenvalue weighted by Crippen LogP contribution is 2.34. The summed E-state index contributed by atoms with van der Waals surface area (Å²) in [6.07, 6.45) is -10.1. The lowest BCUT2D eigenvalue weighted by Crippen LogP contribution is -2.41. The maximum Gasteiger partial charge on any atom is 0.455 e. The van der Waals surface area contributed by atoms with Gasteiger partial charge in [-0.15, -0.1) is 30.6 Å². The second-order valence-electron chi connectivity index (χ2n) is 25.1. The first kappa shape index (κ1) is 84.6. The number of anilines is 3. The van der Waals surface area contributed by atoms with Crippen molar-refractivity contribution in [2.75, 3.05) is 30.0 Å². The highest BCUT2D eigenvalue weighted by molar-refractivity contribution is 9.10. The van der Waals surface area contributed by atoms with E-state index in [1.54, 1.807) is 58.9 Å². The van der Waals surface area contributed by atoms with E-state index in [0.29, 0.717) is 30.0 Å². The van der Waals surface area contributed by atoms with Gasteiger partial charge in [-0.2, -0.15) is 69.2 Å². The Balaban J connectivity index is 0.000000184. The number of benzene rings is 3. The number of nitrogens with zero attached hydrogens (tertiary/aromatic N) is 23.